The van der Waals surface area contributed by atoms with Gasteiger partial charge in [-0.05, 0) is 72.8 Å². The normalized spacial score (nSPS) is 13.3. The summed E-state index contributed by atoms with van der Waals surface area (Å²) in [6.07, 6.45) is 0. The SMILES string of the molecule is O=P(O)(O)c1ccc2c(c1)-c1nc-2nc2[nH]c(nc3nc(nc4[nH]c(n1)c1ccc(P(=O)(O)O)cc41)-c1ccc(P(=O)(O)O)cc1-3)c1ccc(P(=O)(O)O)cc21. The Balaban J connectivity index is 1.48. The summed E-state index contributed by atoms with van der Waals surface area (Å²) in [5.41, 5.74) is 0.930. The highest BCUT2D eigenvalue weighted by Gasteiger charge is 2.28. The van der Waals surface area contributed by atoms with Crippen LogP contribution in [0.2, 0.25) is 0 Å². The fourth-order valence-corrected chi connectivity index (χ4v) is 8.73. The van der Waals surface area contributed by atoms with E-state index in [1.807, 2.05) is 0 Å². The highest BCUT2D eigenvalue weighted by atomic mass is 31.2. The van der Waals surface area contributed by atoms with Gasteiger partial charge in [0, 0.05) is 43.8 Å². The van der Waals surface area contributed by atoms with Gasteiger partial charge in [-0.2, -0.15) is 0 Å². The fourth-order valence-electron chi connectivity index (χ4n) is 6.47. The Morgan fingerprint density at radius 1 is 0.339 bits per heavy atom. The van der Waals surface area contributed by atoms with Crippen molar-refractivity contribution in [2.24, 2.45) is 0 Å². The van der Waals surface area contributed by atoms with Crippen molar-refractivity contribution in [1.82, 2.24) is 39.9 Å². The van der Waals surface area contributed by atoms with E-state index in [0.717, 1.165) is 0 Å². The molecule has 0 aliphatic carbocycles. The zero-order valence-electron chi connectivity index (χ0n) is 27.6. The van der Waals surface area contributed by atoms with E-state index in [0.29, 0.717) is 10.8 Å². The zero-order chi connectivity index (χ0) is 39.7. The van der Waals surface area contributed by atoms with Crippen molar-refractivity contribution in [3.05, 3.63) is 72.8 Å². The lowest BCUT2D eigenvalue weighted by atomic mass is 10.1. The Kier molecular flexibility index (Phi) is 7.93. The lowest BCUT2D eigenvalue weighted by molar-refractivity contribution is 0.385. The number of aromatic nitrogens is 8. The number of aromatic amines is 2. The van der Waals surface area contributed by atoms with Crippen molar-refractivity contribution in [1.29, 1.82) is 0 Å². The van der Waals surface area contributed by atoms with Crippen LogP contribution in [0, 0.1) is 0 Å². The van der Waals surface area contributed by atoms with Gasteiger partial charge >= 0.3 is 30.4 Å². The smallest absolute Gasteiger partial charge is 0.324 e. The van der Waals surface area contributed by atoms with E-state index >= 15 is 0 Å². The lowest BCUT2D eigenvalue weighted by Gasteiger charge is -2.06. The summed E-state index contributed by atoms with van der Waals surface area (Å²) in [6, 6.07) is 15.1. The molecule has 3 aromatic heterocycles. The molecule has 20 nitrogen and oxygen atoms in total. The van der Waals surface area contributed by atoms with Gasteiger partial charge in [0.25, 0.3) is 0 Å². The Bertz CT molecular complexity index is 3070. The van der Waals surface area contributed by atoms with Gasteiger partial charge in [-0.1, -0.05) is 0 Å². The van der Waals surface area contributed by atoms with Crippen LogP contribution in [-0.2, 0) is 18.3 Å². The number of rotatable bonds is 4. The maximum Gasteiger partial charge on any atom is 0.356 e. The number of hydrogen-bond acceptors (Lipinski definition) is 10. The molecule has 4 aromatic carbocycles. The molecule has 10 N–H and O–H groups in total. The van der Waals surface area contributed by atoms with Gasteiger partial charge in [-0.15, -0.1) is 0 Å². The molecule has 0 unspecified atom stereocenters. The van der Waals surface area contributed by atoms with E-state index in [4.69, 9.17) is 0 Å². The number of nitrogens with zero attached hydrogens (tertiary/aromatic N) is 6. The van der Waals surface area contributed by atoms with Crippen molar-refractivity contribution >= 4 is 95.7 Å². The molecular formula is C32H22N8O12P4. The van der Waals surface area contributed by atoms with E-state index in [1.165, 1.54) is 72.8 Å². The molecule has 24 heteroatoms. The Morgan fingerprint density at radius 2 is 0.625 bits per heavy atom. The molecule has 2 aliphatic rings. The van der Waals surface area contributed by atoms with Crippen LogP contribution in [0.5, 0.6) is 0 Å². The van der Waals surface area contributed by atoms with Gasteiger partial charge in [-0.3, -0.25) is 18.3 Å². The van der Waals surface area contributed by atoms with Gasteiger partial charge in [0.2, 0.25) is 0 Å². The number of fused-ring (bicyclic) bond motifs is 20. The van der Waals surface area contributed by atoms with Crippen molar-refractivity contribution in [2.75, 3.05) is 0 Å². The van der Waals surface area contributed by atoms with Crippen LogP contribution in [0.4, 0.5) is 0 Å². The highest BCUT2D eigenvalue weighted by Crippen LogP contribution is 2.42. The molecule has 0 amide bonds. The van der Waals surface area contributed by atoms with Crippen LogP contribution in [0.25, 0.3) is 89.7 Å². The van der Waals surface area contributed by atoms with Crippen LogP contribution < -0.4 is 21.2 Å². The second-order valence-corrected chi connectivity index (χ2v) is 19.1. The molecule has 0 atom stereocenters. The monoisotopic (exact) mass is 834 g/mol. The van der Waals surface area contributed by atoms with Crippen LogP contribution in [0.3, 0.4) is 0 Å². The summed E-state index contributed by atoms with van der Waals surface area (Å²) >= 11 is 0. The molecule has 0 radical (unpaired) electrons. The second-order valence-electron chi connectivity index (χ2n) is 12.7. The largest absolute Gasteiger partial charge is 0.356 e. The molecule has 0 spiro atoms. The minimum Gasteiger partial charge on any atom is -0.324 e. The summed E-state index contributed by atoms with van der Waals surface area (Å²) in [5, 5.41) is -0.468. The van der Waals surface area contributed by atoms with Crippen LogP contribution >= 0.6 is 30.4 Å². The van der Waals surface area contributed by atoms with Crippen molar-refractivity contribution in [3.8, 4) is 45.6 Å². The first-order chi connectivity index (χ1) is 26.2. The third-order valence-electron chi connectivity index (χ3n) is 9.11. The van der Waals surface area contributed by atoms with Crippen LogP contribution in [-0.4, -0.2) is 79.0 Å². The second kappa shape index (κ2) is 12.2. The maximum atomic E-state index is 12.3. The first-order valence-corrected chi connectivity index (χ1v) is 22.3. The number of hydrogen-bond donors (Lipinski definition) is 10. The molecule has 0 saturated carbocycles. The fraction of sp³-hybridized carbons (Fsp3) is 0. The molecule has 282 valence electrons. The van der Waals surface area contributed by atoms with Crippen LogP contribution in [0.15, 0.2) is 72.8 Å². The summed E-state index contributed by atoms with van der Waals surface area (Å²) in [4.78, 5) is 114. The van der Waals surface area contributed by atoms with Crippen molar-refractivity contribution in [3.63, 3.8) is 0 Å². The third kappa shape index (κ3) is 6.15. The number of H-pyrrole nitrogens is 2. The van der Waals surface area contributed by atoms with Crippen molar-refractivity contribution in [2.45, 2.75) is 0 Å². The average molecular weight is 834 g/mol. The first-order valence-electron chi connectivity index (χ1n) is 15.9. The molecule has 5 heterocycles. The molecular weight excluding hydrogens is 812 g/mol. The molecule has 9 rings (SSSR count). The Labute approximate surface area is 310 Å². The summed E-state index contributed by atoms with van der Waals surface area (Å²) in [6.45, 7) is 0. The maximum absolute atomic E-state index is 12.3. The average Bonchev–Trinajstić information content (AvgIpc) is 3.84. The minimum absolute atomic E-state index is 0.000383. The Morgan fingerprint density at radius 3 is 0.964 bits per heavy atom. The standard InChI is InChI=1S/C32H22N8O12P4/c41-53(42,43)13-1-5-17-21(9-13)29-33-25(17)37-30-22-10-14(54(44,45)46)2-6-18(22)27(34-30)39-32-24-12-16(56(50,51)52)4-8-20(24)28(36-32)40-31-23-11-15(55(47,48)49)3-7-19(23)26(35-31)38-29/h1-12H,(H2,41,42,43)(H2,44,45,46)(H2,47,48,49)(H2,50,51,52)(H2,33,34,35,36,37,38,39,40). The van der Waals surface area contributed by atoms with Gasteiger partial charge in [0.15, 0.2) is 23.3 Å². The molecule has 2 aliphatic heterocycles. The lowest BCUT2D eigenvalue weighted by Crippen LogP contribution is -2.04. The number of nitrogens with one attached hydrogen (secondary N) is 2. The van der Waals surface area contributed by atoms with Crippen molar-refractivity contribution < 1.29 is 57.4 Å². The zero-order valence-corrected chi connectivity index (χ0v) is 31.2. The highest BCUT2D eigenvalue weighted by molar-refractivity contribution is 7.61. The molecule has 7 aromatic rings. The molecule has 56 heavy (non-hydrogen) atoms. The topological polar surface area (TPSA) is 339 Å². The quantitative estimate of drug-likeness (QED) is 0.113. The van der Waals surface area contributed by atoms with Gasteiger partial charge in [0.1, 0.15) is 22.6 Å². The van der Waals surface area contributed by atoms with E-state index in [-0.39, 0.29) is 100 Å². The minimum atomic E-state index is -4.79. The Hall–Kier alpha value is -5.16. The van der Waals surface area contributed by atoms with E-state index in [9.17, 15) is 57.4 Å². The van der Waals surface area contributed by atoms with Gasteiger partial charge in [-0.25, -0.2) is 29.9 Å². The van der Waals surface area contributed by atoms with Gasteiger partial charge < -0.3 is 49.1 Å². The van der Waals surface area contributed by atoms with Crippen LogP contribution in [0.1, 0.15) is 0 Å². The summed E-state index contributed by atoms with van der Waals surface area (Å²) in [5.74, 6) is -0.240. The van der Waals surface area contributed by atoms with E-state index in [2.05, 4.69) is 39.9 Å². The van der Waals surface area contributed by atoms with Gasteiger partial charge in [0.05, 0.1) is 21.2 Å². The molecule has 8 bridgehead atoms. The predicted molar refractivity (Wildman–Crippen MR) is 203 cm³/mol. The van der Waals surface area contributed by atoms with E-state index in [1.54, 1.807) is 0 Å². The summed E-state index contributed by atoms with van der Waals surface area (Å²) in [7, 11) is -19.1. The molecule has 0 fully saturated rings. The van der Waals surface area contributed by atoms with E-state index < -0.39 is 30.4 Å². The first kappa shape index (κ1) is 36.5. The summed E-state index contributed by atoms with van der Waals surface area (Å²) < 4.78 is 49.3. The molecule has 0 saturated heterocycles. The number of benzene rings is 4. The predicted octanol–water partition coefficient (Wildman–Crippen LogP) is 2.08. The third-order valence-corrected chi connectivity index (χ3v) is 12.9.